The van der Waals surface area contributed by atoms with Gasteiger partial charge in [-0.1, -0.05) is 176 Å². The SMILES string of the molecule is c1ccc(-c2ccc(-c3nc(-c4ccccc4)nc(-c4ccc5c(c4)sc4c(-c6ccc(-c7ccccc7)c7c6sc6ccccc67)cccc45)n3)cc2)cc1. The lowest BCUT2D eigenvalue weighted by molar-refractivity contribution is 1.07. The molecule has 0 bridgehead atoms. The second-order valence-corrected chi connectivity index (χ2v) is 16.0. The third kappa shape index (κ3) is 5.60. The van der Waals surface area contributed by atoms with Gasteiger partial charge in [-0.2, -0.15) is 0 Å². The standard InChI is InChI=1S/C51H31N3S2/c1-4-13-32(14-5-1)33-23-25-36(26-24-33)50-52-49(35-17-8-3-9-18-35)53-51(54-50)37-27-28-39-40-20-12-21-41(47(40)56-45(39)31-37)42-30-29-38(34-15-6-2-7-16-34)46-43-19-10-11-22-44(43)55-48(42)46/h1-31H. The Hall–Kier alpha value is -6.79. The van der Waals surface area contributed by atoms with E-state index >= 15 is 0 Å². The zero-order valence-corrected chi connectivity index (χ0v) is 31.7. The van der Waals surface area contributed by atoms with E-state index in [1.807, 2.05) is 46.9 Å². The molecule has 262 valence electrons. The normalized spacial score (nSPS) is 11.6. The third-order valence-electron chi connectivity index (χ3n) is 10.6. The first-order valence-corrected chi connectivity index (χ1v) is 20.3. The molecular formula is C51H31N3S2. The zero-order chi connectivity index (χ0) is 37.0. The van der Waals surface area contributed by atoms with E-state index in [0.717, 1.165) is 22.3 Å². The molecule has 3 nitrogen and oxygen atoms in total. The van der Waals surface area contributed by atoms with Gasteiger partial charge in [0.05, 0.1) is 0 Å². The van der Waals surface area contributed by atoms with Crippen LogP contribution in [0.3, 0.4) is 0 Å². The molecule has 0 spiro atoms. The molecule has 3 heterocycles. The average molecular weight is 750 g/mol. The number of aromatic nitrogens is 3. The van der Waals surface area contributed by atoms with Crippen molar-refractivity contribution in [3.8, 4) is 67.5 Å². The number of nitrogens with zero attached hydrogens (tertiary/aromatic N) is 3. The minimum absolute atomic E-state index is 0.651. The van der Waals surface area contributed by atoms with Crippen molar-refractivity contribution in [3.05, 3.63) is 188 Å². The van der Waals surface area contributed by atoms with Crippen LogP contribution in [0, 0.1) is 0 Å². The third-order valence-corrected chi connectivity index (χ3v) is 13.0. The van der Waals surface area contributed by atoms with Crippen molar-refractivity contribution in [2.45, 2.75) is 0 Å². The smallest absolute Gasteiger partial charge is 0.164 e. The fraction of sp³-hybridized carbons (Fsp3) is 0. The number of fused-ring (bicyclic) bond motifs is 6. The molecule has 0 unspecified atom stereocenters. The molecule has 3 aromatic heterocycles. The zero-order valence-electron chi connectivity index (χ0n) is 30.1. The summed E-state index contributed by atoms with van der Waals surface area (Å²) in [5, 5.41) is 5.12. The van der Waals surface area contributed by atoms with E-state index in [4.69, 9.17) is 15.0 Å². The summed E-state index contributed by atoms with van der Waals surface area (Å²) in [6, 6.07) is 66.7. The summed E-state index contributed by atoms with van der Waals surface area (Å²) < 4.78 is 5.11. The van der Waals surface area contributed by atoms with Gasteiger partial charge in [-0.25, -0.2) is 15.0 Å². The molecule has 8 aromatic carbocycles. The van der Waals surface area contributed by atoms with Gasteiger partial charge in [0.2, 0.25) is 0 Å². The summed E-state index contributed by atoms with van der Waals surface area (Å²) in [4.78, 5) is 15.2. The molecule has 0 aliphatic carbocycles. The highest BCUT2D eigenvalue weighted by atomic mass is 32.1. The second-order valence-electron chi connectivity index (χ2n) is 13.9. The number of benzene rings is 8. The first-order chi connectivity index (χ1) is 27.7. The van der Waals surface area contributed by atoms with Crippen LogP contribution in [-0.2, 0) is 0 Å². The highest BCUT2D eigenvalue weighted by Crippen LogP contribution is 2.48. The summed E-state index contributed by atoms with van der Waals surface area (Å²) in [7, 11) is 0. The largest absolute Gasteiger partial charge is 0.208 e. The summed E-state index contributed by atoms with van der Waals surface area (Å²) >= 11 is 3.73. The number of hydrogen-bond donors (Lipinski definition) is 0. The van der Waals surface area contributed by atoms with Gasteiger partial charge in [0.15, 0.2) is 17.5 Å². The maximum Gasteiger partial charge on any atom is 0.164 e. The molecule has 0 aliphatic heterocycles. The van der Waals surface area contributed by atoms with Crippen LogP contribution >= 0.6 is 22.7 Å². The van der Waals surface area contributed by atoms with Crippen LogP contribution in [0.25, 0.3) is 108 Å². The molecule has 0 aliphatic rings. The van der Waals surface area contributed by atoms with Crippen LogP contribution in [-0.4, -0.2) is 15.0 Å². The molecule has 0 saturated heterocycles. The van der Waals surface area contributed by atoms with Gasteiger partial charge in [0, 0.05) is 68.2 Å². The topological polar surface area (TPSA) is 38.7 Å². The minimum atomic E-state index is 0.651. The Labute approximate surface area is 331 Å². The van der Waals surface area contributed by atoms with Crippen molar-refractivity contribution in [1.29, 1.82) is 0 Å². The quantitative estimate of drug-likeness (QED) is 0.170. The van der Waals surface area contributed by atoms with Crippen LogP contribution < -0.4 is 0 Å². The average Bonchev–Trinajstić information content (AvgIpc) is 3.86. The molecule has 0 amide bonds. The predicted octanol–water partition coefficient (Wildman–Crippen LogP) is 14.6. The molecule has 56 heavy (non-hydrogen) atoms. The number of hydrogen-bond acceptors (Lipinski definition) is 5. The Kier molecular flexibility index (Phi) is 7.87. The van der Waals surface area contributed by atoms with Crippen LogP contribution in [0.5, 0.6) is 0 Å². The molecule has 0 radical (unpaired) electrons. The van der Waals surface area contributed by atoms with Gasteiger partial charge in [-0.15, -0.1) is 22.7 Å². The van der Waals surface area contributed by atoms with E-state index in [2.05, 4.69) is 164 Å². The van der Waals surface area contributed by atoms with Crippen LogP contribution in [0.15, 0.2) is 188 Å². The van der Waals surface area contributed by atoms with Gasteiger partial charge in [0.1, 0.15) is 0 Å². The molecule has 0 atom stereocenters. The van der Waals surface area contributed by atoms with Crippen molar-refractivity contribution in [2.24, 2.45) is 0 Å². The number of rotatable bonds is 6. The van der Waals surface area contributed by atoms with Gasteiger partial charge >= 0.3 is 0 Å². The van der Waals surface area contributed by atoms with E-state index < -0.39 is 0 Å². The monoisotopic (exact) mass is 749 g/mol. The molecule has 0 N–H and O–H groups in total. The highest BCUT2D eigenvalue weighted by Gasteiger charge is 2.19. The van der Waals surface area contributed by atoms with E-state index in [9.17, 15) is 0 Å². The van der Waals surface area contributed by atoms with Crippen molar-refractivity contribution < 1.29 is 0 Å². The molecule has 5 heteroatoms. The second kappa shape index (κ2) is 13.5. The Morgan fingerprint density at radius 3 is 1.52 bits per heavy atom. The van der Waals surface area contributed by atoms with Crippen LogP contribution in [0.2, 0.25) is 0 Å². The minimum Gasteiger partial charge on any atom is -0.208 e. The fourth-order valence-corrected chi connectivity index (χ4v) is 10.4. The summed E-state index contributed by atoms with van der Waals surface area (Å²) in [6.07, 6.45) is 0. The van der Waals surface area contributed by atoms with Crippen molar-refractivity contribution in [3.63, 3.8) is 0 Å². The lowest BCUT2D eigenvalue weighted by Gasteiger charge is -2.10. The molecule has 0 saturated carbocycles. The summed E-state index contributed by atoms with van der Waals surface area (Å²) in [6.45, 7) is 0. The van der Waals surface area contributed by atoms with Gasteiger partial charge in [-0.05, 0) is 34.4 Å². The fourth-order valence-electron chi connectivity index (χ4n) is 7.84. The molecule has 11 rings (SSSR count). The van der Waals surface area contributed by atoms with Crippen LogP contribution in [0.4, 0.5) is 0 Å². The summed E-state index contributed by atoms with van der Waals surface area (Å²) in [5.41, 5.74) is 10.2. The lowest BCUT2D eigenvalue weighted by atomic mass is 9.94. The van der Waals surface area contributed by atoms with E-state index in [1.165, 1.54) is 68.2 Å². The maximum absolute atomic E-state index is 5.10. The Balaban J connectivity index is 1.05. The molecule has 11 aromatic rings. The Morgan fingerprint density at radius 1 is 0.286 bits per heavy atom. The van der Waals surface area contributed by atoms with E-state index in [-0.39, 0.29) is 0 Å². The summed E-state index contributed by atoms with van der Waals surface area (Å²) in [5.74, 6) is 1.96. The van der Waals surface area contributed by atoms with E-state index in [0.29, 0.717) is 17.5 Å². The van der Waals surface area contributed by atoms with Gasteiger partial charge in [0.25, 0.3) is 0 Å². The van der Waals surface area contributed by atoms with Crippen molar-refractivity contribution in [2.75, 3.05) is 0 Å². The molecular weight excluding hydrogens is 719 g/mol. The molecule has 0 fully saturated rings. The number of thiophene rings is 2. The first kappa shape index (κ1) is 32.6. The van der Waals surface area contributed by atoms with Crippen molar-refractivity contribution in [1.82, 2.24) is 15.0 Å². The van der Waals surface area contributed by atoms with Gasteiger partial charge in [-0.3, -0.25) is 0 Å². The maximum atomic E-state index is 5.10. The first-order valence-electron chi connectivity index (χ1n) is 18.7. The predicted molar refractivity (Wildman–Crippen MR) is 238 cm³/mol. The Bertz CT molecular complexity index is 3220. The van der Waals surface area contributed by atoms with E-state index in [1.54, 1.807) is 0 Å². The van der Waals surface area contributed by atoms with Crippen LogP contribution in [0.1, 0.15) is 0 Å². The Morgan fingerprint density at radius 2 is 0.786 bits per heavy atom. The highest BCUT2D eigenvalue weighted by molar-refractivity contribution is 7.27. The van der Waals surface area contributed by atoms with Crippen molar-refractivity contribution >= 4 is 63.0 Å². The lowest BCUT2D eigenvalue weighted by Crippen LogP contribution is -2.00. The van der Waals surface area contributed by atoms with Gasteiger partial charge < -0.3 is 0 Å².